The minimum Gasteiger partial charge on any atom is -0.319 e. The molecular formula is C34H43N3O6. The van der Waals surface area contributed by atoms with E-state index in [1.54, 1.807) is 12.1 Å². The summed E-state index contributed by atoms with van der Waals surface area (Å²) in [4.78, 5) is 45.3. The second kappa shape index (κ2) is 14.5. The van der Waals surface area contributed by atoms with Gasteiger partial charge in [-0.1, -0.05) is 81.2 Å². The second-order valence-corrected chi connectivity index (χ2v) is 11.8. The third-order valence-electron chi connectivity index (χ3n) is 8.80. The molecule has 0 heterocycles. The van der Waals surface area contributed by atoms with Crippen LogP contribution in [0.2, 0.25) is 0 Å². The number of unbranched alkanes of at least 4 members (excludes halogenated alkanes) is 2. The van der Waals surface area contributed by atoms with Crippen molar-refractivity contribution in [2.24, 2.45) is 16.2 Å². The van der Waals surface area contributed by atoms with E-state index in [-0.39, 0.29) is 28.4 Å². The standard InChI is InChI=1S/C34H43N3O6/c1-5-7-18-34(19-8-6-2)30-20-26(14-16-28(30)29-17-15-27(37(40)41)21-31(29)34)33(36-43-24(4)39)22-32(35-42-23(3)38)25-12-10-9-11-13-25/h14-17,20-21,25H,5-13,18-19,22H2,1-4H3/b35-32-,36-33-. The number of hydrogen-bond acceptors (Lipinski definition) is 8. The number of nitrogens with zero attached hydrogens (tertiary/aromatic N) is 3. The number of benzene rings is 2. The highest BCUT2D eigenvalue weighted by molar-refractivity contribution is 6.13. The Morgan fingerprint density at radius 1 is 0.884 bits per heavy atom. The first-order valence-electron chi connectivity index (χ1n) is 15.6. The van der Waals surface area contributed by atoms with Crippen LogP contribution in [0.15, 0.2) is 46.7 Å². The van der Waals surface area contributed by atoms with Crippen LogP contribution in [0.5, 0.6) is 0 Å². The van der Waals surface area contributed by atoms with Crippen LogP contribution in [0.25, 0.3) is 11.1 Å². The molecule has 9 nitrogen and oxygen atoms in total. The average molecular weight is 590 g/mol. The zero-order valence-corrected chi connectivity index (χ0v) is 25.8. The van der Waals surface area contributed by atoms with Gasteiger partial charge in [0.05, 0.1) is 16.3 Å². The molecule has 0 bridgehead atoms. The lowest BCUT2D eigenvalue weighted by Gasteiger charge is -2.33. The number of nitro groups is 1. The van der Waals surface area contributed by atoms with E-state index in [2.05, 4.69) is 36.3 Å². The molecule has 0 aliphatic heterocycles. The van der Waals surface area contributed by atoms with E-state index < -0.39 is 11.9 Å². The molecule has 0 amide bonds. The SMILES string of the molecule is CCCCC1(CCCC)c2cc(/C(C/C(=N/OC(C)=O)C3CCCCC3)=N\OC(C)=O)ccc2-c2ccc([N+](=O)[O-])cc21. The summed E-state index contributed by atoms with van der Waals surface area (Å²) in [5.41, 5.74) is 5.95. The second-order valence-electron chi connectivity index (χ2n) is 11.8. The van der Waals surface area contributed by atoms with Crippen molar-refractivity contribution in [2.75, 3.05) is 0 Å². The Bertz CT molecular complexity index is 1400. The molecule has 230 valence electrons. The average Bonchev–Trinajstić information content (AvgIpc) is 3.27. The Morgan fingerprint density at radius 2 is 1.47 bits per heavy atom. The van der Waals surface area contributed by atoms with Gasteiger partial charge in [-0.2, -0.15) is 0 Å². The summed E-state index contributed by atoms with van der Waals surface area (Å²) in [6.45, 7) is 6.95. The molecule has 9 heteroatoms. The molecule has 0 spiro atoms. The molecule has 2 aromatic carbocycles. The molecule has 0 radical (unpaired) electrons. The van der Waals surface area contributed by atoms with Gasteiger partial charge in [-0.05, 0) is 60.1 Å². The summed E-state index contributed by atoms with van der Waals surface area (Å²) < 4.78 is 0. The van der Waals surface area contributed by atoms with Gasteiger partial charge in [0.1, 0.15) is 0 Å². The molecule has 2 aromatic rings. The van der Waals surface area contributed by atoms with E-state index in [0.29, 0.717) is 11.4 Å². The Balaban J connectivity index is 1.85. The molecule has 1 saturated carbocycles. The highest BCUT2D eigenvalue weighted by Gasteiger charge is 2.43. The quantitative estimate of drug-likeness (QED) is 0.100. The number of non-ortho nitro benzene ring substituents is 1. The van der Waals surface area contributed by atoms with Gasteiger partial charge in [-0.15, -0.1) is 0 Å². The summed E-state index contributed by atoms with van der Waals surface area (Å²) in [7, 11) is 0. The largest absolute Gasteiger partial charge is 0.331 e. The molecule has 43 heavy (non-hydrogen) atoms. The van der Waals surface area contributed by atoms with E-state index in [4.69, 9.17) is 9.68 Å². The molecular weight excluding hydrogens is 546 g/mol. The highest BCUT2D eigenvalue weighted by atomic mass is 16.7. The maximum atomic E-state index is 11.9. The Kier molecular flexibility index (Phi) is 10.8. The zero-order valence-electron chi connectivity index (χ0n) is 25.8. The van der Waals surface area contributed by atoms with Gasteiger partial charge >= 0.3 is 11.9 Å². The fourth-order valence-electron chi connectivity index (χ4n) is 6.68. The van der Waals surface area contributed by atoms with Crippen molar-refractivity contribution in [3.05, 3.63) is 63.2 Å². The first-order chi connectivity index (χ1) is 20.7. The summed E-state index contributed by atoms with van der Waals surface area (Å²) in [5, 5.41) is 20.4. The van der Waals surface area contributed by atoms with Gasteiger partial charge in [-0.3, -0.25) is 10.1 Å². The number of oxime groups is 2. The molecule has 2 aliphatic carbocycles. The van der Waals surface area contributed by atoms with Crippen molar-refractivity contribution in [3.63, 3.8) is 0 Å². The fourth-order valence-corrected chi connectivity index (χ4v) is 6.68. The lowest BCUT2D eigenvalue weighted by molar-refractivity contribution is -0.384. The minimum atomic E-state index is -0.533. The number of hydrogen-bond donors (Lipinski definition) is 0. The van der Waals surface area contributed by atoms with Crippen LogP contribution in [-0.4, -0.2) is 28.3 Å². The number of rotatable bonds is 13. The monoisotopic (exact) mass is 589 g/mol. The van der Waals surface area contributed by atoms with Crippen LogP contribution in [0.4, 0.5) is 5.69 Å². The highest BCUT2D eigenvalue weighted by Crippen LogP contribution is 2.55. The molecule has 1 fully saturated rings. The summed E-state index contributed by atoms with van der Waals surface area (Å²) in [5.74, 6) is -0.884. The van der Waals surface area contributed by atoms with Crippen LogP contribution in [0, 0.1) is 16.0 Å². The lowest BCUT2D eigenvalue weighted by Crippen LogP contribution is -2.26. The summed E-state index contributed by atoms with van der Waals surface area (Å²) in [6.07, 6.45) is 11.1. The zero-order chi connectivity index (χ0) is 31.0. The normalized spacial score (nSPS) is 16.4. The third-order valence-corrected chi connectivity index (χ3v) is 8.80. The minimum absolute atomic E-state index is 0.0973. The van der Waals surface area contributed by atoms with Gasteiger partial charge in [0.2, 0.25) is 0 Å². The Hall–Kier alpha value is -3.88. The van der Waals surface area contributed by atoms with Crippen molar-refractivity contribution < 1.29 is 24.2 Å². The van der Waals surface area contributed by atoms with E-state index in [0.717, 1.165) is 98.4 Å². The molecule has 0 unspecified atom stereocenters. The molecule has 4 rings (SSSR count). The van der Waals surface area contributed by atoms with Gasteiger partial charge in [0, 0.05) is 49.3 Å². The van der Waals surface area contributed by atoms with E-state index in [1.807, 2.05) is 12.1 Å². The maximum Gasteiger partial charge on any atom is 0.331 e. The molecule has 0 N–H and O–H groups in total. The Morgan fingerprint density at radius 3 is 2.05 bits per heavy atom. The maximum absolute atomic E-state index is 11.9. The van der Waals surface area contributed by atoms with Gasteiger partial charge in [0.25, 0.3) is 5.69 Å². The predicted octanol–water partition coefficient (Wildman–Crippen LogP) is 8.40. The van der Waals surface area contributed by atoms with Crippen molar-refractivity contribution in [2.45, 2.75) is 110 Å². The number of nitro benzene ring substituents is 1. The topological polar surface area (TPSA) is 120 Å². The van der Waals surface area contributed by atoms with E-state index >= 15 is 0 Å². The van der Waals surface area contributed by atoms with Gasteiger partial charge < -0.3 is 9.68 Å². The van der Waals surface area contributed by atoms with Crippen molar-refractivity contribution in [3.8, 4) is 11.1 Å². The molecule has 0 atom stereocenters. The first-order valence-corrected chi connectivity index (χ1v) is 15.6. The summed E-state index contributed by atoms with van der Waals surface area (Å²) >= 11 is 0. The fraction of sp³-hybridized carbons (Fsp3) is 0.529. The van der Waals surface area contributed by atoms with Gasteiger partial charge in [0.15, 0.2) is 0 Å². The number of carbonyl (C=O) groups excluding carboxylic acids is 2. The van der Waals surface area contributed by atoms with E-state index in [1.165, 1.54) is 13.8 Å². The number of carbonyl (C=O) groups is 2. The lowest BCUT2D eigenvalue weighted by atomic mass is 9.70. The third kappa shape index (κ3) is 7.37. The van der Waals surface area contributed by atoms with Crippen LogP contribution in [0.3, 0.4) is 0 Å². The van der Waals surface area contributed by atoms with Crippen LogP contribution in [0.1, 0.15) is 121 Å². The first kappa shape index (κ1) is 32.0. The van der Waals surface area contributed by atoms with Crippen molar-refractivity contribution in [1.82, 2.24) is 0 Å². The number of fused-ring (bicyclic) bond motifs is 3. The predicted molar refractivity (Wildman–Crippen MR) is 167 cm³/mol. The van der Waals surface area contributed by atoms with Crippen LogP contribution >= 0.6 is 0 Å². The van der Waals surface area contributed by atoms with Crippen molar-refractivity contribution in [1.29, 1.82) is 0 Å². The smallest absolute Gasteiger partial charge is 0.319 e. The molecule has 0 aromatic heterocycles. The van der Waals surface area contributed by atoms with Crippen molar-refractivity contribution >= 4 is 29.0 Å². The van der Waals surface area contributed by atoms with Gasteiger partial charge in [-0.25, -0.2) is 9.59 Å². The Labute approximate surface area is 253 Å². The molecule has 2 aliphatic rings. The van der Waals surface area contributed by atoms with Crippen LogP contribution < -0.4 is 0 Å². The van der Waals surface area contributed by atoms with E-state index in [9.17, 15) is 19.7 Å². The van der Waals surface area contributed by atoms with Crippen LogP contribution in [-0.2, 0) is 24.7 Å². The molecule has 0 saturated heterocycles. The summed E-state index contributed by atoms with van der Waals surface area (Å²) in [6, 6.07) is 11.4.